The number of thioether (sulfide) groups is 1. The van der Waals surface area contributed by atoms with Crippen molar-refractivity contribution in [3.05, 3.63) is 95.0 Å². The first-order valence-electron chi connectivity index (χ1n) is 12.5. The number of nitrogen functional groups attached to an aromatic ring is 1. The molecule has 2 amide bonds. The molecular formula is C27H24N7O5S2+. The Bertz CT molecular complexity index is 1710. The number of nitrogens with zero attached hydrogens (tertiary/aromatic N) is 5. The second-order valence-corrected chi connectivity index (χ2v) is 11.3. The van der Waals surface area contributed by atoms with E-state index in [4.69, 9.17) is 10.6 Å². The number of imidazole rings is 1. The predicted molar refractivity (Wildman–Crippen MR) is 152 cm³/mol. The summed E-state index contributed by atoms with van der Waals surface area (Å²) in [6, 6.07) is 14.1. The van der Waals surface area contributed by atoms with Crippen LogP contribution in [0.2, 0.25) is 0 Å². The standard InChI is InChI=1S/C27H23N7O5S2/c28-27-29-18(15-41-27)20(31-39-13-16-6-2-1-3-7-16)23(35)30-21-24(36)34-22(26(37)38)17(14-40-25(21)34)12-33-11-10-32-9-5-4-8-19(32)33/h1-11,15,21,25H,12-14H2,(H3-,28,29,30,35,37,38)/p+1/t21-,25+/m1/s1. The highest BCUT2D eigenvalue weighted by molar-refractivity contribution is 8.00. The summed E-state index contributed by atoms with van der Waals surface area (Å²) >= 11 is 2.53. The molecule has 2 atom stereocenters. The molecule has 41 heavy (non-hydrogen) atoms. The second kappa shape index (κ2) is 11.1. The van der Waals surface area contributed by atoms with Gasteiger partial charge in [0.1, 0.15) is 48.4 Å². The number of carbonyl (C=O) groups excluding carboxylic acids is 2. The SMILES string of the molecule is Nc1nc(C(=NOCc2ccccc2)C(=O)N[C@@H]2C(=O)N3C(C(=O)O)=C(C[n+]4ccn5ccccc54)CS[C@@H]23)cs1. The Hall–Kier alpha value is -4.69. The van der Waals surface area contributed by atoms with Crippen molar-refractivity contribution < 1.29 is 28.9 Å². The second-order valence-electron chi connectivity index (χ2n) is 9.28. The summed E-state index contributed by atoms with van der Waals surface area (Å²) in [5.41, 5.74) is 8.14. The van der Waals surface area contributed by atoms with E-state index in [1.165, 1.54) is 16.7 Å². The molecule has 1 fully saturated rings. The largest absolute Gasteiger partial charge is 0.477 e. The van der Waals surface area contributed by atoms with Crippen molar-refractivity contribution in [3.63, 3.8) is 0 Å². The zero-order valence-electron chi connectivity index (χ0n) is 21.4. The van der Waals surface area contributed by atoms with Gasteiger partial charge in [-0.1, -0.05) is 41.6 Å². The van der Waals surface area contributed by atoms with E-state index < -0.39 is 29.2 Å². The van der Waals surface area contributed by atoms with Gasteiger partial charge >= 0.3 is 5.97 Å². The molecule has 4 N–H and O–H groups in total. The van der Waals surface area contributed by atoms with Crippen molar-refractivity contribution in [2.45, 2.75) is 24.6 Å². The molecule has 2 aliphatic rings. The molecule has 5 heterocycles. The zero-order valence-corrected chi connectivity index (χ0v) is 23.0. The van der Waals surface area contributed by atoms with Crippen molar-refractivity contribution in [2.24, 2.45) is 5.16 Å². The average Bonchev–Trinajstić information content (AvgIpc) is 3.60. The monoisotopic (exact) mass is 590 g/mol. The minimum Gasteiger partial charge on any atom is -0.477 e. The number of carboxylic acids is 1. The van der Waals surface area contributed by atoms with Crippen LogP contribution in [0.4, 0.5) is 5.13 Å². The molecule has 6 rings (SSSR count). The minimum absolute atomic E-state index is 0.0561. The van der Waals surface area contributed by atoms with E-state index in [9.17, 15) is 19.5 Å². The number of aliphatic carboxylic acids is 1. The number of nitrogens with two attached hydrogens (primary N) is 1. The number of aromatic nitrogens is 3. The van der Waals surface area contributed by atoms with Crippen LogP contribution >= 0.6 is 23.1 Å². The fourth-order valence-corrected chi connectivity index (χ4v) is 6.63. The van der Waals surface area contributed by atoms with Gasteiger partial charge < -0.3 is 21.0 Å². The number of thiazole rings is 1. The maximum absolute atomic E-state index is 13.3. The Morgan fingerprint density at radius 1 is 1.20 bits per heavy atom. The van der Waals surface area contributed by atoms with Crippen molar-refractivity contribution >= 4 is 57.4 Å². The Morgan fingerprint density at radius 3 is 2.76 bits per heavy atom. The van der Waals surface area contributed by atoms with Gasteiger partial charge in [-0.2, -0.15) is 0 Å². The first-order valence-corrected chi connectivity index (χ1v) is 14.4. The number of carboxylic acid groups (broad SMARTS) is 1. The van der Waals surface area contributed by atoms with Crippen LogP contribution in [0, 0.1) is 0 Å². The molecule has 1 saturated heterocycles. The molecule has 208 valence electrons. The number of benzene rings is 1. The predicted octanol–water partition coefficient (Wildman–Crippen LogP) is 1.63. The first-order chi connectivity index (χ1) is 19.9. The third-order valence-corrected chi connectivity index (χ3v) is 8.69. The van der Waals surface area contributed by atoms with E-state index in [2.05, 4.69) is 15.5 Å². The maximum Gasteiger partial charge on any atom is 0.352 e. The van der Waals surface area contributed by atoms with E-state index in [0.717, 1.165) is 22.5 Å². The molecule has 4 aromatic rings. The Balaban J connectivity index is 1.20. The van der Waals surface area contributed by atoms with Gasteiger partial charge in [0.15, 0.2) is 10.8 Å². The number of β-lactam (4-membered cyclic amide) rings is 1. The van der Waals surface area contributed by atoms with Crippen LogP contribution in [0.25, 0.3) is 5.65 Å². The Labute approximate surface area is 241 Å². The highest BCUT2D eigenvalue weighted by Gasteiger charge is 2.54. The molecule has 0 bridgehead atoms. The van der Waals surface area contributed by atoms with Crippen LogP contribution in [-0.2, 0) is 32.4 Å². The van der Waals surface area contributed by atoms with Gasteiger partial charge in [-0.3, -0.25) is 14.5 Å². The smallest absolute Gasteiger partial charge is 0.352 e. The Morgan fingerprint density at radius 2 is 2.00 bits per heavy atom. The topological polar surface area (TPSA) is 155 Å². The van der Waals surface area contributed by atoms with Crippen LogP contribution < -0.4 is 15.6 Å². The van der Waals surface area contributed by atoms with Crippen LogP contribution in [0.5, 0.6) is 0 Å². The van der Waals surface area contributed by atoms with Crippen LogP contribution in [0.15, 0.2) is 88.9 Å². The molecule has 14 heteroatoms. The molecule has 12 nitrogen and oxygen atoms in total. The van der Waals surface area contributed by atoms with E-state index >= 15 is 0 Å². The quantitative estimate of drug-likeness (QED) is 0.115. The number of carbonyl (C=O) groups is 3. The average molecular weight is 591 g/mol. The lowest BCUT2D eigenvalue weighted by Gasteiger charge is -2.49. The summed E-state index contributed by atoms with van der Waals surface area (Å²) in [7, 11) is 0. The number of nitrogens with one attached hydrogen (secondary N) is 1. The molecule has 0 saturated carbocycles. The van der Waals surface area contributed by atoms with Crippen molar-refractivity contribution in [1.29, 1.82) is 0 Å². The number of hydrogen-bond donors (Lipinski definition) is 3. The van der Waals surface area contributed by atoms with Crippen molar-refractivity contribution in [2.75, 3.05) is 11.5 Å². The van der Waals surface area contributed by atoms with E-state index in [1.807, 2.05) is 76.1 Å². The highest BCUT2D eigenvalue weighted by Crippen LogP contribution is 2.40. The molecule has 0 unspecified atom stereocenters. The number of oxime groups is 1. The first kappa shape index (κ1) is 26.5. The molecular weight excluding hydrogens is 566 g/mol. The maximum atomic E-state index is 13.3. The lowest BCUT2D eigenvalue weighted by molar-refractivity contribution is -0.662. The summed E-state index contributed by atoms with van der Waals surface area (Å²) in [5.74, 6) is -2.00. The van der Waals surface area contributed by atoms with Gasteiger partial charge in [0, 0.05) is 22.8 Å². The fourth-order valence-electron chi connectivity index (χ4n) is 4.75. The normalized spacial score (nSPS) is 18.7. The van der Waals surface area contributed by atoms with Gasteiger partial charge in [0.05, 0.1) is 6.20 Å². The number of fused-ring (bicyclic) bond motifs is 2. The zero-order chi connectivity index (χ0) is 28.5. The van der Waals surface area contributed by atoms with Crippen molar-refractivity contribution in [3.8, 4) is 0 Å². The molecule has 0 radical (unpaired) electrons. The summed E-state index contributed by atoms with van der Waals surface area (Å²) < 4.78 is 3.86. The lowest BCUT2D eigenvalue weighted by atomic mass is 10.0. The minimum atomic E-state index is -1.19. The molecule has 1 aromatic carbocycles. The molecule has 0 spiro atoms. The van der Waals surface area contributed by atoms with Gasteiger partial charge in [-0.15, -0.1) is 23.1 Å². The molecule has 3 aromatic heterocycles. The number of anilines is 1. The number of rotatable bonds is 9. The summed E-state index contributed by atoms with van der Waals surface area (Å²) in [6.07, 6.45) is 5.65. The third-order valence-electron chi connectivity index (χ3n) is 6.68. The molecule has 0 aliphatic carbocycles. The van der Waals surface area contributed by atoms with E-state index in [1.54, 1.807) is 5.38 Å². The van der Waals surface area contributed by atoms with Gasteiger partial charge in [0.2, 0.25) is 0 Å². The summed E-state index contributed by atoms with van der Waals surface area (Å²) in [5, 5.41) is 18.0. The van der Waals surface area contributed by atoms with Crippen LogP contribution in [0.3, 0.4) is 0 Å². The van der Waals surface area contributed by atoms with Crippen molar-refractivity contribution in [1.82, 2.24) is 19.6 Å². The lowest BCUT2D eigenvalue weighted by Crippen LogP contribution is -2.71. The molecule has 2 aliphatic heterocycles. The van der Waals surface area contributed by atoms with Gasteiger partial charge in [0.25, 0.3) is 17.5 Å². The van der Waals surface area contributed by atoms with Crippen LogP contribution in [0.1, 0.15) is 11.3 Å². The number of hydrogen-bond acceptors (Lipinski definition) is 9. The van der Waals surface area contributed by atoms with Gasteiger partial charge in [-0.05, 0) is 11.6 Å². The van der Waals surface area contributed by atoms with E-state index in [0.29, 0.717) is 17.9 Å². The van der Waals surface area contributed by atoms with Gasteiger partial charge in [-0.25, -0.2) is 18.7 Å². The third kappa shape index (κ3) is 5.14. The number of pyridine rings is 1. The highest BCUT2D eigenvalue weighted by atomic mass is 32.2. The van der Waals surface area contributed by atoms with Crippen LogP contribution in [-0.4, -0.2) is 60.1 Å². The fraction of sp³-hybridized carbons (Fsp3) is 0.185. The number of amides is 2. The van der Waals surface area contributed by atoms with E-state index in [-0.39, 0.29) is 28.8 Å². The Kier molecular flexibility index (Phi) is 7.15. The summed E-state index contributed by atoms with van der Waals surface area (Å²) in [6.45, 7) is 0.431. The summed E-state index contributed by atoms with van der Waals surface area (Å²) in [4.78, 5) is 49.7.